The topological polar surface area (TPSA) is 67.0 Å². The highest BCUT2D eigenvalue weighted by Crippen LogP contribution is 2.28. The van der Waals surface area contributed by atoms with Gasteiger partial charge in [0.25, 0.3) is 0 Å². The van der Waals surface area contributed by atoms with E-state index >= 15 is 0 Å². The van der Waals surface area contributed by atoms with Crippen molar-refractivity contribution in [3.05, 3.63) is 83.6 Å². The number of rotatable bonds is 6. The van der Waals surface area contributed by atoms with Gasteiger partial charge in [-0.05, 0) is 18.2 Å². The lowest BCUT2D eigenvalue weighted by Gasteiger charge is -2.26. The summed E-state index contributed by atoms with van der Waals surface area (Å²) in [6.45, 7) is 4.83. The van der Waals surface area contributed by atoms with Gasteiger partial charge in [-0.15, -0.1) is 0 Å². The molecule has 0 radical (unpaired) electrons. The standard InChI is InChI=1S/C26H23N3O3/c27-17-19-14-21-6-7-22-16-23(32-13-10-28-8-11-31-12-9-28)18-29(22)25(21)24(15-19)26(30)20-4-2-1-3-5-20/h1-7,14-16,18H,8-13H2. The summed E-state index contributed by atoms with van der Waals surface area (Å²) in [4.78, 5) is 15.7. The molecule has 0 bridgehead atoms. The number of ether oxygens (including phenoxy) is 2. The number of morpholine rings is 1. The third kappa shape index (κ3) is 3.96. The van der Waals surface area contributed by atoms with Crippen molar-refractivity contribution in [3.8, 4) is 11.8 Å². The number of aromatic nitrogens is 1. The zero-order valence-corrected chi connectivity index (χ0v) is 17.7. The molecule has 5 rings (SSSR count). The fraction of sp³-hybridized carbons (Fsp3) is 0.231. The van der Waals surface area contributed by atoms with Crippen LogP contribution < -0.4 is 4.74 Å². The van der Waals surface area contributed by atoms with E-state index in [0.29, 0.717) is 23.3 Å². The molecule has 0 spiro atoms. The van der Waals surface area contributed by atoms with Gasteiger partial charge in [0.2, 0.25) is 0 Å². The van der Waals surface area contributed by atoms with Crippen LogP contribution in [0.15, 0.2) is 66.9 Å². The molecule has 1 aliphatic heterocycles. The smallest absolute Gasteiger partial charge is 0.195 e. The molecule has 160 valence electrons. The highest BCUT2D eigenvalue weighted by Gasteiger charge is 2.17. The van der Waals surface area contributed by atoms with E-state index in [4.69, 9.17) is 9.47 Å². The number of hydrogen-bond donors (Lipinski definition) is 0. The van der Waals surface area contributed by atoms with Crippen LogP contribution in [0.1, 0.15) is 21.5 Å². The van der Waals surface area contributed by atoms with Gasteiger partial charge < -0.3 is 13.9 Å². The lowest BCUT2D eigenvalue weighted by molar-refractivity contribution is 0.0322. The Balaban J connectivity index is 1.51. The van der Waals surface area contributed by atoms with Gasteiger partial charge >= 0.3 is 0 Å². The maximum Gasteiger partial charge on any atom is 0.195 e. The van der Waals surface area contributed by atoms with Crippen molar-refractivity contribution >= 4 is 22.2 Å². The first kappa shape index (κ1) is 20.3. The summed E-state index contributed by atoms with van der Waals surface area (Å²) in [6, 6.07) is 20.7. The average Bonchev–Trinajstić information content (AvgIpc) is 3.27. The van der Waals surface area contributed by atoms with E-state index in [0.717, 1.165) is 55.0 Å². The zero-order chi connectivity index (χ0) is 21.9. The van der Waals surface area contributed by atoms with E-state index in [2.05, 4.69) is 11.0 Å². The second-order valence-electron chi connectivity index (χ2n) is 7.88. The quantitative estimate of drug-likeness (QED) is 0.438. The van der Waals surface area contributed by atoms with Gasteiger partial charge in [0, 0.05) is 47.7 Å². The van der Waals surface area contributed by atoms with E-state index in [1.54, 1.807) is 18.2 Å². The molecule has 4 aromatic rings. The van der Waals surface area contributed by atoms with Crippen LogP contribution in [-0.4, -0.2) is 54.5 Å². The largest absolute Gasteiger partial charge is 0.491 e. The summed E-state index contributed by atoms with van der Waals surface area (Å²) >= 11 is 0. The lowest BCUT2D eigenvalue weighted by atomic mass is 9.98. The Morgan fingerprint density at radius 3 is 2.66 bits per heavy atom. The monoisotopic (exact) mass is 425 g/mol. The van der Waals surface area contributed by atoms with Gasteiger partial charge in [-0.2, -0.15) is 5.26 Å². The van der Waals surface area contributed by atoms with E-state index in [-0.39, 0.29) is 5.78 Å². The highest BCUT2D eigenvalue weighted by atomic mass is 16.5. The molecule has 3 heterocycles. The van der Waals surface area contributed by atoms with Crippen molar-refractivity contribution in [2.24, 2.45) is 0 Å². The molecule has 6 heteroatoms. The molecule has 0 saturated carbocycles. The Bertz CT molecular complexity index is 1320. The van der Waals surface area contributed by atoms with Crippen LogP contribution in [-0.2, 0) is 4.74 Å². The van der Waals surface area contributed by atoms with Crippen molar-refractivity contribution in [1.82, 2.24) is 9.30 Å². The molecule has 2 aromatic carbocycles. The summed E-state index contributed by atoms with van der Waals surface area (Å²) in [5.74, 6) is 0.650. The molecular weight excluding hydrogens is 402 g/mol. The second-order valence-corrected chi connectivity index (χ2v) is 7.88. The van der Waals surface area contributed by atoms with Crippen molar-refractivity contribution in [2.75, 3.05) is 39.5 Å². The Hall–Kier alpha value is -3.66. The molecule has 1 aliphatic rings. The molecular formula is C26H23N3O3. The summed E-state index contributed by atoms with van der Waals surface area (Å²) in [5.41, 5.74) is 3.27. The second kappa shape index (κ2) is 8.83. The Morgan fingerprint density at radius 2 is 1.88 bits per heavy atom. The van der Waals surface area contributed by atoms with Gasteiger partial charge in [-0.25, -0.2) is 0 Å². The van der Waals surface area contributed by atoms with E-state index in [9.17, 15) is 10.1 Å². The van der Waals surface area contributed by atoms with Crippen LogP contribution >= 0.6 is 0 Å². The number of carbonyl (C=O) groups excluding carboxylic acids is 1. The molecule has 0 amide bonds. The number of nitrogens with zero attached hydrogens (tertiary/aromatic N) is 3. The predicted molar refractivity (Wildman–Crippen MR) is 122 cm³/mol. The number of carbonyl (C=O) groups is 1. The first-order valence-electron chi connectivity index (χ1n) is 10.7. The van der Waals surface area contributed by atoms with Gasteiger partial charge in [-0.1, -0.05) is 36.4 Å². The Labute approximate surface area is 186 Å². The molecule has 0 atom stereocenters. The van der Waals surface area contributed by atoms with E-state index in [1.807, 2.05) is 53.1 Å². The summed E-state index contributed by atoms with van der Waals surface area (Å²) < 4.78 is 13.4. The lowest BCUT2D eigenvalue weighted by Crippen LogP contribution is -2.38. The first-order valence-corrected chi connectivity index (χ1v) is 10.7. The van der Waals surface area contributed by atoms with Crippen LogP contribution in [0.3, 0.4) is 0 Å². The minimum Gasteiger partial charge on any atom is -0.491 e. The van der Waals surface area contributed by atoms with Crippen LogP contribution in [0.5, 0.6) is 5.75 Å². The fourth-order valence-electron chi connectivity index (χ4n) is 4.18. The van der Waals surface area contributed by atoms with Crippen molar-refractivity contribution < 1.29 is 14.3 Å². The molecule has 2 aromatic heterocycles. The van der Waals surface area contributed by atoms with Gasteiger partial charge in [0.15, 0.2) is 5.78 Å². The minimum absolute atomic E-state index is 0.108. The van der Waals surface area contributed by atoms with Gasteiger partial charge in [-0.3, -0.25) is 9.69 Å². The molecule has 1 saturated heterocycles. The Kier molecular flexibility index (Phi) is 5.59. The van der Waals surface area contributed by atoms with Crippen molar-refractivity contribution in [2.45, 2.75) is 0 Å². The third-order valence-corrected chi connectivity index (χ3v) is 5.83. The highest BCUT2D eigenvalue weighted by molar-refractivity contribution is 6.16. The molecule has 6 nitrogen and oxygen atoms in total. The molecule has 32 heavy (non-hydrogen) atoms. The summed E-state index contributed by atoms with van der Waals surface area (Å²) in [6.07, 6.45) is 1.92. The van der Waals surface area contributed by atoms with Crippen molar-refractivity contribution in [1.29, 1.82) is 5.26 Å². The molecule has 1 fully saturated rings. The number of hydrogen-bond acceptors (Lipinski definition) is 5. The fourth-order valence-corrected chi connectivity index (χ4v) is 4.18. The summed E-state index contributed by atoms with van der Waals surface area (Å²) in [7, 11) is 0. The van der Waals surface area contributed by atoms with Crippen LogP contribution in [0.2, 0.25) is 0 Å². The maximum absolute atomic E-state index is 13.4. The van der Waals surface area contributed by atoms with E-state index in [1.165, 1.54) is 0 Å². The van der Waals surface area contributed by atoms with Crippen LogP contribution in [0, 0.1) is 11.3 Å². The number of pyridine rings is 1. The first-order chi connectivity index (χ1) is 15.7. The molecule has 0 N–H and O–H groups in total. The number of ketones is 1. The summed E-state index contributed by atoms with van der Waals surface area (Å²) in [5, 5.41) is 10.3. The maximum atomic E-state index is 13.4. The van der Waals surface area contributed by atoms with Gasteiger partial charge in [0.1, 0.15) is 12.4 Å². The molecule has 0 aliphatic carbocycles. The number of benzene rings is 2. The van der Waals surface area contributed by atoms with Crippen molar-refractivity contribution in [3.63, 3.8) is 0 Å². The van der Waals surface area contributed by atoms with Crippen LogP contribution in [0.25, 0.3) is 16.4 Å². The molecule has 0 unspecified atom stereocenters. The Morgan fingerprint density at radius 1 is 1.06 bits per heavy atom. The van der Waals surface area contributed by atoms with E-state index < -0.39 is 0 Å². The number of fused-ring (bicyclic) bond motifs is 3. The van der Waals surface area contributed by atoms with Gasteiger partial charge in [0.05, 0.1) is 36.6 Å². The van der Waals surface area contributed by atoms with Crippen LogP contribution in [0.4, 0.5) is 0 Å². The normalized spacial score (nSPS) is 14.5. The average molecular weight is 425 g/mol. The third-order valence-electron chi connectivity index (χ3n) is 5.83. The minimum atomic E-state index is -0.108. The SMILES string of the molecule is N#Cc1cc(C(=O)c2ccccc2)c2c(ccc3cc(OCCN4CCOCC4)cn32)c1. The zero-order valence-electron chi connectivity index (χ0n) is 17.7. The number of nitriles is 1. The predicted octanol–water partition coefficient (Wildman–Crippen LogP) is 3.91.